The van der Waals surface area contributed by atoms with Crippen LogP contribution in [0.4, 0.5) is 0 Å². The first kappa shape index (κ1) is 13.1. The van der Waals surface area contributed by atoms with E-state index in [1.165, 1.54) is 36.5 Å². The van der Waals surface area contributed by atoms with E-state index in [1.54, 1.807) is 6.92 Å². The molecular formula is C17H24N4O. The minimum atomic E-state index is 0.275. The molecule has 4 unspecified atom stereocenters. The molecule has 2 saturated carbocycles. The van der Waals surface area contributed by atoms with E-state index in [-0.39, 0.29) is 5.91 Å². The molecule has 1 spiro atoms. The topological polar surface area (TPSA) is 50.2 Å². The predicted molar refractivity (Wildman–Crippen MR) is 82.4 cm³/mol. The number of imidazole rings is 1. The lowest BCUT2D eigenvalue weighted by Crippen LogP contribution is -2.75. The van der Waals surface area contributed by atoms with Crippen molar-refractivity contribution in [3.05, 3.63) is 17.2 Å². The molecule has 5 nitrogen and oxygen atoms in total. The molecule has 3 heterocycles. The Bertz CT molecular complexity index is 666. The van der Waals surface area contributed by atoms with Crippen LogP contribution in [-0.4, -0.2) is 39.0 Å². The van der Waals surface area contributed by atoms with Crippen LogP contribution in [0, 0.1) is 12.3 Å². The average molecular weight is 300 g/mol. The van der Waals surface area contributed by atoms with Crippen LogP contribution in [0.1, 0.15) is 55.9 Å². The molecule has 1 saturated heterocycles. The first-order valence-electron chi connectivity index (χ1n) is 8.68. The Labute approximate surface area is 131 Å². The van der Waals surface area contributed by atoms with Crippen LogP contribution in [-0.2, 0) is 17.8 Å². The normalized spacial score (nSPS) is 38.6. The predicted octanol–water partition coefficient (Wildman–Crippen LogP) is 1.55. The fraction of sp³-hybridized carbons (Fsp3) is 0.765. The zero-order chi connectivity index (χ0) is 15.1. The van der Waals surface area contributed by atoms with Gasteiger partial charge in [0, 0.05) is 50.0 Å². The van der Waals surface area contributed by atoms with Gasteiger partial charge in [0.25, 0.3) is 0 Å². The molecule has 0 aromatic carbocycles. The number of carbonyl (C=O) groups is 1. The van der Waals surface area contributed by atoms with Crippen LogP contribution in [0.2, 0.25) is 0 Å². The van der Waals surface area contributed by atoms with Gasteiger partial charge in [-0.05, 0) is 32.6 Å². The summed E-state index contributed by atoms with van der Waals surface area (Å²) in [5, 5.41) is 3.49. The SMILES string of the molecule is CC(=O)N1C2CCC23CC(n2c(C)nc4c2CNCC4)CC13. The number of likely N-dealkylation sites (tertiary alicyclic amines) is 1. The Morgan fingerprint density at radius 2 is 2.27 bits per heavy atom. The second-order valence-electron chi connectivity index (χ2n) is 7.67. The molecule has 0 bridgehead atoms. The van der Waals surface area contributed by atoms with Gasteiger partial charge in [-0.1, -0.05) is 0 Å². The maximum atomic E-state index is 11.9. The van der Waals surface area contributed by atoms with Crippen molar-refractivity contribution in [3.8, 4) is 0 Å². The summed E-state index contributed by atoms with van der Waals surface area (Å²) in [6.45, 7) is 5.88. The zero-order valence-electron chi connectivity index (χ0n) is 13.4. The number of fused-ring (bicyclic) bond motifs is 1. The zero-order valence-corrected chi connectivity index (χ0v) is 13.4. The molecule has 2 aliphatic heterocycles. The Morgan fingerprint density at radius 1 is 1.41 bits per heavy atom. The summed E-state index contributed by atoms with van der Waals surface area (Å²) in [5.41, 5.74) is 3.14. The monoisotopic (exact) mass is 300 g/mol. The van der Waals surface area contributed by atoms with Crippen molar-refractivity contribution in [2.45, 2.75) is 70.6 Å². The van der Waals surface area contributed by atoms with E-state index in [9.17, 15) is 4.79 Å². The molecule has 5 rings (SSSR count). The number of carbonyl (C=O) groups excluding carboxylic acids is 1. The first-order chi connectivity index (χ1) is 10.6. The molecule has 0 radical (unpaired) electrons. The number of rotatable bonds is 1. The van der Waals surface area contributed by atoms with E-state index < -0.39 is 0 Å². The maximum absolute atomic E-state index is 11.9. The molecule has 4 aliphatic rings. The van der Waals surface area contributed by atoms with E-state index in [0.29, 0.717) is 23.5 Å². The van der Waals surface area contributed by atoms with Gasteiger partial charge in [-0.3, -0.25) is 4.79 Å². The minimum absolute atomic E-state index is 0.275. The highest BCUT2D eigenvalue weighted by atomic mass is 16.2. The van der Waals surface area contributed by atoms with Crippen molar-refractivity contribution in [2.24, 2.45) is 5.41 Å². The summed E-state index contributed by atoms with van der Waals surface area (Å²) in [6.07, 6.45) is 5.95. The number of aromatic nitrogens is 2. The van der Waals surface area contributed by atoms with Gasteiger partial charge in [0.1, 0.15) is 5.82 Å². The molecular weight excluding hydrogens is 276 g/mol. The Balaban J connectivity index is 1.49. The van der Waals surface area contributed by atoms with E-state index in [1.807, 2.05) is 0 Å². The Kier molecular flexibility index (Phi) is 2.46. The number of aryl methyl sites for hydroxylation is 1. The fourth-order valence-corrected chi connectivity index (χ4v) is 5.93. The van der Waals surface area contributed by atoms with Crippen LogP contribution in [0.25, 0.3) is 0 Å². The third-order valence-corrected chi connectivity index (χ3v) is 6.82. The summed E-state index contributed by atoms with van der Waals surface area (Å²) in [5.74, 6) is 1.44. The molecule has 118 valence electrons. The maximum Gasteiger partial charge on any atom is 0.219 e. The van der Waals surface area contributed by atoms with Crippen molar-refractivity contribution < 1.29 is 4.79 Å². The fourth-order valence-electron chi connectivity index (χ4n) is 5.93. The molecule has 2 aliphatic carbocycles. The summed E-state index contributed by atoms with van der Waals surface area (Å²) < 4.78 is 2.50. The molecule has 1 aromatic heterocycles. The van der Waals surface area contributed by atoms with Gasteiger partial charge in [-0.2, -0.15) is 0 Å². The standard InChI is InChI=1S/C17H24N4O/c1-10-19-13-4-6-18-9-14(13)20(10)12-7-16-17(8-12)5-3-15(17)21(16)11(2)22/h12,15-16,18H,3-9H2,1-2H3. The van der Waals surface area contributed by atoms with Gasteiger partial charge in [0.15, 0.2) is 0 Å². The van der Waals surface area contributed by atoms with E-state index in [2.05, 4.69) is 21.7 Å². The van der Waals surface area contributed by atoms with Crippen LogP contribution >= 0.6 is 0 Å². The Hall–Kier alpha value is -1.36. The van der Waals surface area contributed by atoms with Crippen LogP contribution < -0.4 is 5.32 Å². The van der Waals surface area contributed by atoms with Gasteiger partial charge in [-0.25, -0.2) is 4.98 Å². The number of hydrogen-bond acceptors (Lipinski definition) is 3. The number of hydrogen-bond donors (Lipinski definition) is 1. The lowest BCUT2D eigenvalue weighted by atomic mass is 9.53. The van der Waals surface area contributed by atoms with Gasteiger partial charge in [0.05, 0.1) is 11.4 Å². The minimum Gasteiger partial charge on any atom is -0.336 e. The lowest BCUT2D eigenvalue weighted by molar-refractivity contribution is -0.196. The van der Waals surface area contributed by atoms with Crippen molar-refractivity contribution >= 4 is 5.91 Å². The molecule has 1 amide bonds. The van der Waals surface area contributed by atoms with Gasteiger partial charge in [0.2, 0.25) is 5.91 Å². The molecule has 4 atom stereocenters. The van der Waals surface area contributed by atoms with Crippen LogP contribution in [0.5, 0.6) is 0 Å². The number of nitrogens with one attached hydrogen (secondary N) is 1. The van der Waals surface area contributed by atoms with Crippen LogP contribution in [0.15, 0.2) is 0 Å². The smallest absolute Gasteiger partial charge is 0.219 e. The van der Waals surface area contributed by atoms with E-state index in [4.69, 9.17) is 4.98 Å². The molecule has 3 fully saturated rings. The van der Waals surface area contributed by atoms with Crippen molar-refractivity contribution in [1.29, 1.82) is 0 Å². The number of nitrogens with zero attached hydrogens (tertiary/aromatic N) is 3. The lowest BCUT2D eigenvalue weighted by Gasteiger charge is -2.68. The summed E-state index contributed by atoms with van der Waals surface area (Å²) >= 11 is 0. The number of amides is 1. The summed E-state index contributed by atoms with van der Waals surface area (Å²) in [6, 6.07) is 1.56. The largest absolute Gasteiger partial charge is 0.336 e. The highest BCUT2D eigenvalue weighted by molar-refractivity contribution is 5.76. The Morgan fingerprint density at radius 3 is 3.00 bits per heavy atom. The second kappa shape index (κ2) is 4.13. The summed E-state index contributed by atoms with van der Waals surface area (Å²) in [7, 11) is 0. The van der Waals surface area contributed by atoms with E-state index in [0.717, 1.165) is 25.9 Å². The van der Waals surface area contributed by atoms with Crippen molar-refractivity contribution in [3.63, 3.8) is 0 Å². The van der Waals surface area contributed by atoms with Crippen LogP contribution in [0.3, 0.4) is 0 Å². The quantitative estimate of drug-likeness (QED) is 0.856. The highest BCUT2D eigenvalue weighted by Gasteiger charge is 2.70. The van der Waals surface area contributed by atoms with Crippen molar-refractivity contribution in [2.75, 3.05) is 6.54 Å². The average Bonchev–Trinajstić information content (AvgIpc) is 2.99. The highest BCUT2D eigenvalue weighted by Crippen LogP contribution is 2.67. The molecule has 1 aromatic rings. The van der Waals surface area contributed by atoms with Gasteiger partial charge >= 0.3 is 0 Å². The van der Waals surface area contributed by atoms with Crippen molar-refractivity contribution in [1.82, 2.24) is 19.8 Å². The number of piperidine rings is 1. The third kappa shape index (κ3) is 1.39. The van der Waals surface area contributed by atoms with E-state index >= 15 is 0 Å². The van der Waals surface area contributed by atoms with Gasteiger partial charge in [-0.15, -0.1) is 0 Å². The summed E-state index contributed by atoms with van der Waals surface area (Å²) in [4.78, 5) is 18.9. The molecule has 22 heavy (non-hydrogen) atoms. The van der Waals surface area contributed by atoms with Gasteiger partial charge < -0.3 is 14.8 Å². The first-order valence-corrected chi connectivity index (χ1v) is 8.68. The second-order valence-corrected chi connectivity index (χ2v) is 7.67. The molecule has 5 heteroatoms. The molecule has 1 N–H and O–H groups in total. The third-order valence-electron chi connectivity index (χ3n) is 6.82.